The summed E-state index contributed by atoms with van der Waals surface area (Å²) in [4.78, 5) is 17.3. The third kappa shape index (κ3) is 5.38. The van der Waals surface area contributed by atoms with Crippen LogP contribution in [0.15, 0.2) is 41.3 Å². The van der Waals surface area contributed by atoms with Gasteiger partial charge in [0, 0.05) is 45.8 Å². The molecule has 2 saturated heterocycles. The highest BCUT2D eigenvalue weighted by atomic mass is 35.5. The van der Waals surface area contributed by atoms with Gasteiger partial charge in [0.1, 0.15) is 4.90 Å². The second-order valence-corrected chi connectivity index (χ2v) is 11.4. The maximum atomic E-state index is 13.3. The predicted octanol–water partition coefficient (Wildman–Crippen LogP) is 4.43. The molecule has 0 radical (unpaired) electrons. The van der Waals surface area contributed by atoms with Gasteiger partial charge in [0.2, 0.25) is 10.0 Å². The molecule has 2 fully saturated rings. The van der Waals surface area contributed by atoms with Gasteiger partial charge in [0.25, 0.3) is 5.91 Å². The first-order valence-electron chi connectivity index (χ1n) is 11.3. The SMILES string of the molecule is Cc1ccccc1CN1CCN(C(=O)c2cc(S(=O)(=O)N3CCCCC3)c(Cl)cc2Cl)CC1. The van der Waals surface area contributed by atoms with Crippen molar-refractivity contribution in [1.82, 2.24) is 14.1 Å². The van der Waals surface area contributed by atoms with E-state index in [2.05, 4.69) is 24.0 Å². The zero-order valence-corrected chi connectivity index (χ0v) is 21.1. The normalized spacial score (nSPS) is 18.5. The largest absolute Gasteiger partial charge is 0.336 e. The Balaban J connectivity index is 1.48. The smallest absolute Gasteiger partial charge is 0.255 e. The monoisotopic (exact) mass is 509 g/mol. The average Bonchev–Trinajstić information content (AvgIpc) is 2.81. The van der Waals surface area contributed by atoms with E-state index in [4.69, 9.17) is 23.2 Å². The molecule has 2 aliphatic heterocycles. The Kier molecular flexibility index (Phi) is 7.66. The van der Waals surface area contributed by atoms with Crippen molar-refractivity contribution < 1.29 is 13.2 Å². The summed E-state index contributed by atoms with van der Waals surface area (Å²) < 4.78 is 27.8. The second-order valence-electron chi connectivity index (χ2n) is 8.72. The summed E-state index contributed by atoms with van der Waals surface area (Å²) in [5.74, 6) is -0.262. The third-order valence-corrected chi connectivity index (χ3v) is 9.18. The number of hydrogen-bond donors (Lipinski definition) is 0. The zero-order chi connectivity index (χ0) is 23.6. The number of piperidine rings is 1. The van der Waals surface area contributed by atoms with E-state index in [0.717, 1.165) is 38.9 Å². The Morgan fingerprint density at radius 2 is 1.58 bits per heavy atom. The van der Waals surface area contributed by atoms with E-state index in [0.29, 0.717) is 26.2 Å². The summed E-state index contributed by atoms with van der Waals surface area (Å²) in [5.41, 5.74) is 2.72. The fourth-order valence-electron chi connectivity index (χ4n) is 4.44. The number of sulfonamides is 1. The number of hydrogen-bond acceptors (Lipinski definition) is 4. The molecule has 6 nitrogen and oxygen atoms in total. The molecule has 2 aromatic carbocycles. The van der Waals surface area contributed by atoms with E-state index in [1.807, 2.05) is 12.1 Å². The molecule has 0 bridgehead atoms. The predicted molar refractivity (Wildman–Crippen MR) is 131 cm³/mol. The van der Waals surface area contributed by atoms with Crippen LogP contribution >= 0.6 is 23.2 Å². The average molecular weight is 510 g/mol. The Labute approximate surface area is 206 Å². The lowest BCUT2D eigenvalue weighted by atomic mass is 10.1. The zero-order valence-electron chi connectivity index (χ0n) is 18.8. The molecule has 2 aromatic rings. The van der Waals surface area contributed by atoms with Gasteiger partial charge in [-0.15, -0.1) is 0 Å². The van der Waals surface area contributed by atoms with Gasteiger partial charge < -0.3 is 4.90 Å². The first-order chi connectivity index (χ1) is 15.8. The van der Waals surface area contributed by atoms with Crippen molar-refractivity contribution in [3.63, 3.8) is 0 Å². The maximum absolute atomic E-state index is 13.3. The summed E-state index contributed by atoms with van der Waals surface area (Å²) >= 11 is 12.6. The fraction of sp³-hybridized carbons (Fsp3) is 0.458. The number of amides is 1. The quantitative estimate of drug-likeness (QED) is 0.597. The minimum Gasteiger partial charge on any atom is -0.336 e. The molecule has 2 heterocycles. The molecule has 0 spiro atoms. The molecule has 33 heavy (non-hydrogen) atoms. The van der Waals surface area contributed by atoms with Crippen LogP contribution in [0.4, 0.5) is 0 Å². The summed E-state index contributed by atoms with van der Waals surface area (Å²) in [6.45, 7) is 6.47. The van der Waals surface area contributed by atoms with Crippen molar-refractivity contribution in [2.45, 2.75) is 37.6 Å². The number of carbonyl (C=O) groups is 1. The molecule has 9 heteroatoms. The Bertz CT molecular complexity index is 1130. The minimum atomic E-state index is -3.78. The van der Waals surface area contributed by atoms with Crippen molar-refractivity contribution in [3.05, 3.63) is 63.1 Å². The Hall–Kier alpha value is -1.64. The van der Waals surface area contributed by atoms with Crippen molar-refractivity contribution in [2.24, 2.45) is 0 Å². The summed E-state index contributed by atoms with van der Waals surface area (Å²) in [7, 11) is -3.78. The third-order valence-electron chi connectivity index (χ3n) is 6.50. The van der Waals surface area contributed by atoms with Crippen LogP contribution in [-0.4, -0.2) is 67.7 Å². The van der Waals surface area contributed by atoms with Gasteiger partial charge in [-0.05, 0) is 43.0 Å². The number of benzene rings is 2. The summed E-state index contributed by atoms with van der Waals surface area (Å²) in [6.07, 6.45) is 2.66. The van der Waals surface area contributed by atoms with E-state index in [-0.39, 0.29) is 26.4 Å². The van der Waals surface area contributed by atoms with Gasteiger partial charge in [-0.2, -0.15) is 4.31 Å². The van der Waals surface area contributed by atoms with Crippen LogP contribution in [0.2, 0.25) is 10.0 Å². The number of carbonyl (C=O) groups excluding carboxylic acids is 1. The molecule has 1 amide bonds. The molecule has 0 atom stereocenters. The number of aryl methyl sites for hydroxylation is 1. The molecular formula is C24H29Cl2N3O3S. The lowest BCUT2D eigenvalue weighted by Crippen LogP contribution is -2.48. The maximum Gasteiger partial charge on any atom is 0.255 e. The molecule has 2 aliphatic rings. The van der Waals surface area contributed by atoms with Crippen LogP contribution in [-0.2, 0) is 16.6 Å². The molecule has 0 aliphatic carbocycles. The molecule has 0 unspecified atom stereocenters. The number of halogens is 2. The van der Waals surface area contributed by atoms with E-state index >= 15 is 0 Å². The minimum absolute atomic E-state index is 0.0444. The van der Waals surface area contributed by atoms with E-state index in [9.17, 15) is 13.2 Å². The molecule has 178 valence electrons. The molecule has 0 N–H and O–H groups in total. The number of piperazine rings is 1. The highest BCUT2D eigenvalue weighted by Gasteiger charge is 2.31. The fourth-order valence-corrected chi connectivity index (χ4v) is 6.79. The van der Waals surface area contributed by atoms with E-state index < -0.39 is 10.0 Å². The topological polar surface area (TPSA) is 60.9 Å². The molecule has 0 aromatic heterocycles. The van der Waals surface area contributed by atoms with Gasteiger partial charge in [0.05, 0.1) is 15.6 Å². The van der Waals surface area contributed by atoms with E-state index in [1.165, 1.54) is 27.6 Å². The Morgan fingerprint density at radius 1 is 0.909 bits per heavy atom. The second kappa shape index (κ2) is 10.3. The first kappa shape index (κ1) is 24.5. The van der Waals surface area contributed by atoms with Crippen LogP contribution in [0.5, 0.6) is 0 Å². The van der Waals surface area contributed by atoms with Gasteiger partial charge in [-0.1, -0.05) is 53.9 Å². The van der Waals surface area contributed by atoms with Crippen molar-refractivity contribution >= 4 is 39.1 Å². The van der Waals surface area contributed by atoms with E-state index in [1.54, 1.807) is 4.90 Å². The van der Waals surface area contributed by atoms with Crippen LogP contribution < -0.4 is 0 Å². The van der Waals surface area contributed by atoms with Gasteiger partial charge in [0.15, 0.2) is 0 Å². The summed E-state index contributed by atoms with van der Waals surface area (Å²) in [5, 5.41) is 0.218. The highest BCUT2D eigenvalue weighted by molar-refractivity contribution is 7.89. The molecule has 4 rings (SSSR count). The number of rotatable bonds is 5. The van der Waals surface area contributed by atoms with Gasteiger partial charge in [-0.25, -0.2) is 8.42 Å². The molecule has 0 saturated carbocycles. The van der Waals surface area contributed by atoms with Crippen molar-refractivity contribution in [3.8, 4) is 0 Å². The van der Waals surface area contributed by atoms with Gasteiger partial charge >= 0.3 is 0 Å². The van der Waals surface area contributed by atoms with Gasteiger partial charge in [-0.3, -0.25) is 9.69 Å². The standard InChI is InChI=1S/C24H29Cl2N3O3S/c1-18-7-3-4-8-19(18)17-27-11-13-28(14-12-27)24(30)20-15-23(22(26)16-21(20)25)33(31,32)29-9-5-2-6-10-29/h3-4,7-8,15-16H,2,5-6,9-14,17H2,1H3. The lowest BCUT2D eigenvalue weighted by Gasteiger charge is -2.35. The van der Waals surface area contributed by atoms with Crippen LogP contribution in [0.3, 0.4) is 0 Å². The summed E-state index contributed by atoms with van der Waals surface area (Å²) in [6, 6.07) is 11.0. The lowest BCUT2D eigenvalue weighted by molar-refractivity contribution is 0.0628. The Morgan fingerprint density at radius 3 is 2.24 bits per heavy atom. The molecular weight excluding hydrogens is 481 g/mol. The first-order valence-corrected chi connectivity index (χ1v) is 13.5. The van der Waals surface area contributed by atoms with Crippen molar-refractivity contribution in [1.29, 1.82) is 0 Å². The van der Waals surface area contributed by atoms with Crippen molar-refractivity contribution in [2.75, 3.05) is 39.3 Å². The number of nitrogens with zero attached hydrogens (tertiary/aromatic N) is 3. The van der Waals surface area contributed by atoms with Crippen LogP contribution in [0.1, 0.15) is 40.7 Å². The highest BCUT2D eigenvalue weighted by Crippen LogP contribution is 2.32. The van der Waals surface area contributed by atoms with Crippen LogP contribution in [0.25, 0.3) is 0 Å². The van der Waals surface area contributed by atoms with Crippen LogP contribution in [0, 0.1) is 6.92 Å².